The lowest BCUT2D eigenvalue weighted by atomic mass is 10.1. The molecule has 0 radical (unpaired) electrons. The number of nitro groups is 1. The molecular formula is C20H20N4O5. The molecule has 0 fully saturated rings. The first-order chi connectivity index (χ1) is 13.9. The van der Waals surface area contributed by atoms with Gasteiger partial charge >= 0.3 is 0 Å². The largest absolute Gasteiger partial charge is 0.494 e. The van der Waals surface area contributed by atoms with Gasteiger partial charge in [0.2, 0.25) is 0 Å². The second-order valence-electron chi connectivity index (χ2n) is 6.43. The molecule has 0 unspecified atom stereocenters. The highest BCUT2D eigenvalue weighted by Gasteiger charge is 2.16. The van der Waals surface area contributed by atoms with E-state index in [9.17, 15) is 14.9 Å². The van der Waals surface area contributed by atoms with Gasteiger partial charge in [-0.25, -0.2) is 4.68 Å². The van der Waals surface area contributed by atoms with E-state index in [0.717, 1.165) is 16.9 Å². The van der Waals surface area contributed by atoms with E-state index in [4.69, 9.17) is 9.47 Å². The summed E-state index contributed by atoms with van der Waals surface area (Å²) in [6, 6.07) is 11.4. The number of aryl methyl sites for hydroxylation is 2. The van der Waals surface area contributed by atoms with E-state index < -0.39 is 10.8 Å². The van der Waals surface area contributed by atoms with E-state index in [2.05, 4.69) is 16.5 Å². The Hall–Kier alpha value is -3.88. The Labute approximate surface area is 167 Å². The number of non-ortho nitro benzene ring substituents is 1. The summed E-state index contributed by atoms with van der Waals surface area (Å²) < 4.78 is 12.3. The first-order valence-corrected chi connectivity index (χ1v) is 8.74. The minimum atomic E-state index is -0.536. The zero-order chi connectivity index (χ0) is 21.0. The first-order valence-electron chi connectivity index (χ1n) is 8.74. The van der Waals surface area contributed by atoms with E-state index >= 15 is 0 Å². The molecule has 3 rings (SSSR count). The topological polar surface area (TPSA) is 109 Å². The fourth-order valence-electron chi connectivity index (χ4n) is 2.79. The maximum atomic E-state index is 12.5. The lowest BCUT2D eigenvalue weighted by Gasteiger charge is -2.09. The van der Waals surface area contributed by atoms with Gasteiger partial charge in [-0.1, -0.05) is 6.07 Å². The highest BCUT2D eigenvalue weighted by Crippen LogP contribution is 2.29. The predicted molar refractivity (Wildman–Crippen MR) is 106 cm³/mol. The summed E-state index contributed by atoms with van der Waals surface area (Å²) in [5, 5.41) is 17.7. The summed E-state index contributed by atoms with van der Waals surface area (Å²) in [5.74, 6) is 0.437. The number of ether oxygens (including phenoxy) is 2. The first kappa shape index (κ1) is 19.9. The normalized spacial score (nSPS) is 10.4. The molecule has 1 heterocycles. The van der Waals surface area contributed by atoms with Crippen LogP contribution < -0.4 is 14.8 Å². The molecule has 0 spiro atoms. The fourth-order valence-corrected chi connectivity index (χ4v) is 2.79. The van der Waals surface area contributed by atoms with Crippen molar-refractivity contribution >= 4 is 17.3 Å². The number of aromatic nitrogens is 2. The summed E-state index contributed by atoms with van der Waals surface area (Å²) in [4.78, 5) is 22.8. The lowest BCUT2D eigenvalue weighted by Crippen LogP contribution is -2.15. The summed E-state index contributed by atoms with van der Waals surface area (Å²) >= 11 is 0. The number of hydrogen-bond donors (Lipinski definition) is 1. The highest BCUT2D eigenvalue weighted by atomic mass is 16.6. The maximum absolute atomic E-state index is 12.5. The van der Waals surface area contributed by atoms with Crippen molar-refractivity contribution in [3.63, 3.8) is 0 Å². The Morgan fingerprint density at radius 3 is 2.55 bits per heavy atom. The van der Waals surface area contributed by atoms with E-state index in [1.54, 1.807) is 12.3 Å². The van der Waals surface area contributed by atoms with Gasteiger partial charge in [0.05, 0.1) is 23.8 Å². The molecule has 9 nitrogen and oxygen atoms in total. The van der Waals surface area contributed by atoms with Gasteiger partial charge < -0.3 is 14.8 Å². The molecule has 29 heavy (non-hydrogen) atoms. The van der Waals surface area contributed by atoms with Crippen LogP contribution in [0.15, 0.2) is 48.7 Å². The zero-order valence-corrected chi connectivity index (χ0v) is 16.2. The molecule has 1 N–H and O–H groups in total. The molecule has 2 aromatic carbocycles. The minimum Gasteiger partial charge on any atom is -0.494 e. The van der Waals surface area contributed by atoms with E-state index in [1.807, 2.05) is 26.0 Å². The van der Waals surface area contributed by atoms with Crippen molar-refractivity contribution < 1.29 is 19.2 Å². The van der Waals surface area contributed by atoms with Gasteiger partial charge in [0.15, 0.2) is 12.4 Å². The third-order valence-electron chi connectivity index (χ3n) is 4.08. The van der Waals surface area contributed by atoms with Gasteiger partial charge in [0, 0.05) is 12.3 Å². The zero-order valence-electron chi connectivity index (χ0n) is 16.2. The second-order valence-corrected chi connectivity index (χ2v) is 6.43. The smallest absolute Gasteiger partial charge is 0.276 e. The molecule has 0 aliphatic rings. The molecule has 1 aromatic heterocycles. The Balaban J connectivity index is 1.67. The maximum Gasteiger partial charge on any atom is 0.276 e. The molecule has 150 valence electrons. The van der Waals surface area contributed by atoms with Gasteiger partial charge in [-0.2, -0.15) is 5.10 Å². The third kappa shape index (κ3) is 4.89. The van der Waals surface area contributed by atoms with Crippen molar-refractivity contribution in [2.45, 2.75) is 20.6 Å². The summed E-state index contributed by atoms with van der Waals surface area (Å²) in [6.45, 7) is 4.13. The Kier molecular flexibility index (Phi) is 5.77. The quantitative estimate of drug-likeness (QED) is 0.482. The van der Waals surface area contributed by atoms with Gasteiger partial charge in [-0.05, 0) is 49.2 Å². The van der Waals surface area contributed by atoms with Crippen LogP contribution in [0.3, 0.4) is 0 Å². The van der Waals surface area contributed by atoms with E-state index in [1.165, 1.54) is 30.0 Å². The van der Waals surface area contributed by atoms with Crippen LogP contribution in [0.5, 0.6) is 11.5 Å². The number of carbonyl (C=O) groups is 1. The predicted octanol–water partition coefficient (Wildman–Crippen LogP) is 3.71. The number of nitrogens with one attached hydrogen (secondary N) is 1. The van der Waals surface area contributed by atoms with Gasteiger partial charge in [-0.3, -0.25) is 14.9 Å². The Bertz CT molecular complexity index is 1040. The number of nitrogens with zero attached hydrogens (tertiary/aromatic N) is 3. The number of rotatable bonds is 7. The van der Waals surface area contributed by atoms with Crippen molar-refractivity contribution in [2.75, 3.05) is 12.4 Å². The molecule has 0 atom stereocenters. The average Bonchev–Trinajstić information content (AvgIpc) is 3.15. The number of carbonyl (C=O) groups excluding carboxylic acids is 1. The Morgan fingerprint density at radius 2 is 1.90 bits per heavy atom. The monoisotopic (exact) mass is 396 g/mol. The van der Waals surface area contributed by atoms with Crippen LogP contribution >= 0.6 is 0 Å². The van der Waals surface area contributed by atoms with Gasteiger partial charge in [-0.15, -0.1) is 0 Å². The summed E-state index contributed by atoms with van der Waals surface area (Å²) in [7, 11) is 1.37. The van der Waals surface area contributed by atoms with E-state index in [0.29, 0.717) is 5.69 Å². The number of benzene rings is 2. The van der Waals surface area contributed by atoms with Gasteiger partial charge in [0.25, 0.3) is 11.6 Å². The van der Waals surface area contributed by atoms with Crippen molar-refractivity contribution in [3.05, 3.63) is 75.6 Å². The van der Waals surface area contributed by atoms with Crippen LogP contribution in [-0.2, 0) is 6.73 Å². The molecule has 1 amide bonds. The average molecular weight is 396 g/mol. The Morgan fingerprint density at radius 1 is 1.17 bits per heavy atom. The van der Waals surface area contributed by atoms with Crippen LogP contribution in [0, 0.1) is 24.0 Å². The van der Waals surface area contributed by atoms with Gasteiger partial charge in [0.1, 0.15) is 11.5 Å². The van der Waals surface area contributed by atoms with E-state index in [-0.39, 0.29) is 23.9 Å². The molecule has 3 aromatic rings. The number of anilines is 1. The third-order valence-corrected chi connectivity index (χ3v) is 4.08. The molecule has 0 saturated heterocycles. The number of nitro benzene ring substituents is 1. The van der Waals surface area contributed by atoms with Crippen molar-refractivity contribution in [1.29, 1.82) is 0 Å². The fraction of sp³-hybridized carbons (Fsp3) is 0.200. The molecule has 0 aliphatic carbocycles. The van der Waals surface area contributed by atoms with Crippen molar-refractivity contribution in [2.24, 2.45) is 0 Å². The highest BCUT2D eigenvalue weighted by molar-refractivity contribution is 6.03. The summed E-state index contributed by atoms with van der Waals surface area (Å²) in [5.41, 5.74) is 2.54. The SMILES string of the molecule is COc1cc([N+](=O)[O-])ccc1NC(=O)c1ccn(COc2cc(C)cc(C)c2)n1. The van der Waals surface area contributed by atoms with Crippen LogP contribution in [-0.4, -0.2) is 27.7 Å². The van der Waals surface area contributed by atoms with Crippen LogP contribution in [0.2, 0.25) is 0 Å². The van der Waals surface area contributed by atoms with Crippen LogP contribution in [0.4, 0.5) is 11.4 Å². The molecular weight excluding hydrogens is 376 g/mol. The number of amides is 1. The van der Waals surface area contributed by atoms with Crippen molar-refractivity contribution in [3.8, 4) is 11.5 Å². The van der Waals surface area contributed by atoms with Crippen LogP contribution in [0.25, 0.3) is 0 Å². The molecule has 0 saturated carbocycles. The molecule has 0 bridgehead atoms. The van der Waals surface area contributed by atoms with Crippen molar-refractivity contribution in [1.82, 2.24) is 9.78 Å². The lowest BCUT2D eigenvalue weighted by molar-refractivity contribution is -0.384. The summed E-state index contributed by atoms with van der Waals surface area (Å²) in [6.07, 6.45) is 1.63. The standard InChI is InChI=1S/C20H20N4O5/c1-13-8-14(2)10-16(9-13)29-12-23-7-6-18(22-23)20(25)21-17-5-4-15(24(26)27)11-19(17)28-3/h4-11H,12H2,1-3H3,(H,21,25). The number of hydrogen-bond acceptors (Lipinski definition) is 6. The minimum absolute atomic E-state index is 0.132. The number of methoxy groups -OCH3 is 1. The van der Waals surface area contributed by atoms with Crippen LogP contribution in [0.1, 0.15) is 21.6 Å². The molecule has 9 heteroatoms. The second kappa shape index (κ2) is 8.42. The molecule has 0 aliphatic heterocycles.